The lowest BCUT2D eigenvalue weighted by atomic mass is 10.2. The molecule has 22 heavy (non-hydrogen) atoms. The smallest absolute Gasteiger partial charge is 0.265 e. The van der Waals surface area contributed by atoms with E-state index in [0.717, 1.165) is 12.1 Å². The molecule has 1 unspecified atom stereocenters. The van der Waals surface area contributed by atoms with Crippen molar-refractivity contribution in [1.29, 1.82) is 0 Å². The summed E-state index contributed by atoms with van der Waals surface area (Å²) in [5.41, 5.74) is -0.492. The molecule has 0 spiro atoms. The van der Waals surface area contributed by atoms with Gasteiger partial charge in [-0.3, -0.25) is 4.79 Å². The van der Waals surface area contributed by atoms with Gasteiger partial charge < -0.3 is 14.8 Å². The number of carbonyl (C=O) groups is 1. The van der Waals surface area contributed by atoms with Crippen LogP contribution in [0.25, 0.3) is 0 Å². The molecule has 0 aliphatic rings. The highest BCUT2D eigenvalue weighted by Crippen LogP contribution is 2.21. The Morgan fingerprint density at radius 2 is 1.68 bits per heavy atom. The molecule has 2 aromatic carbocycles. The summed E-state index contributed by atoms with van der Waals surface area (Å²) < 4.78 is 37.5. The molecule has 116 valence electrons. The predicted octanol–water partition coefficient (Wildman–Crippen LogP) is 3.38. The van der Waals surface area contributed by atoms with Crippen molar-refractivity contribution in [3.63, 3.8) is 0 Å². The molecule has 0 heterocycles. The number of methoxy groups -OCH3 is 1. The topological polar surface area (TPSA) is 47.6 Å². The lowest BCUT2D eigenvalue weighted by molar-refractivity contribution is -0.122. The van der Waals surface area contributed by atoms with E-state index in [9.17, 15) is 13.6 Å². The van der Waals surface area contributed by atoms with E-state index in [0.29, 0.717) is 11.5 Å². The zero-order valence-electron chi connectivity index (χ0n) is 12.1. The normalized spacial score (nSPS) is 11.6. The fourth-order valence-electron chi connectivity index (χ4n) is 1.77. The summed E-state index contributed by atoms with van der Waals surface area (Å²) in [4.78, 5) is 12.0. The average molecular weight is 307 g/mol. The van der Waals surface area contributed by atoms with Crippen molar-refractivity contribution in [1.82, 2.24) is 0 Å². The van der Waals surface area contributed by atoms with Crippen LogP contribution in [0.1, 0.15) is 6.92 Å². The Bertz CT molecular complexity index is 656. The van der Waals surface area contributed by atoms with Crippen LogP contribution in [0.3, 0.4) is 0 Å². The molecular formula is C16H15F2NO3. The number of hydrogen-bond acceptors (Lipinski definition) is 3. The van der Waals surface area contributed by atoms with Crippen LogP contribution in [0, 0.1) is 11.6 Å². The van der Waals surface area contributed by atoms with Crippen molar-refractivity contribution < 1.29 is 23.0 Å². The minimum Gasteiger partial charge on any atom is -0.497 e. The summed E-state index contributed by atoms with van der Waals surface area (Å²) in [7, 11) is 1.51. The van der Waals surface area contributed by atoms with Gasteiger partial charge in [0.2, 0.25) is 0 Å². The molecule has 4 nitrogen and oxygen atoms in total. The number of para-hydroxylation sites is 1. The number of amides is 1. The largest absolute Gasteiger partial charge is 0.497 e. The Balaban J connectivity index is 2.06. The first kappa shape index (κ1) is 15.8. The molecule has 0 bridgehead atoms. The minimum absolute atomic E-state index is 0.413. The van der Waals surface area contributed by atoms with E-state index in [1.807, 2.05) is 0 Å². The van der Waals surface area contributed by atoms with Crippen LogP contribution in [0.4, 0.5) is 14.5 Å². The Hall–Kier alpha value is -2.63. The van der Waals surface area contributed by atoms with E-state index in [1.54, 1.807) is 24.3 Å². The summed E-state index contributed by atoms with van der Waals surface area (Å²) in [6.45, 7) is 1.48. The third kappa shape index (κ3) is 3.72. The molecule has 0 saturated heterocycles. The number of hydrogen-bond donors (Lipinski definition) is 1. The third-order valence-electron chi connectivity index (χ3n) is 2.93. The number of nitrogens with one attached hydrogen (secondary N) is 1. The van der Waals surface area contributed by atoms with E-state index >= 15 is 0 Å². The maximum absolute atomic E-state index is 13.5. The Kier molecular flexibility index (Phi) is 4.93. The molecule has 0 fully saturated rings. The van der Waals surface area contributed by atoms with Gasteiger partial charge in [0.15, 0.2) is 6.10 Å². The fraction of sp³-hybridized carbons (Fsp3) is 0.188. The van der Waals surface area contributed by atoms with Gasteiger partial charge in [0.1, 0.15) is 28.8 Å². The van der Waals surface area contributed by atoms with E-state index < -0.39 is 29.3 Å². The molecule has 0 aliphatic heterocycles. The van der Waals surface area contributed by atoms with Crippen molar-refractivity contribution in [2.45, 2.75) is 13.0 Å². The number of ether oxygens (including phenoxy) is 2. The van der Waals surface area contributed by atoms with Crippen LogP contribution in [0.15, 0.2) is 42.5 Å². The van der Waals surface area contributed by atoms with Gasteiger partial charge in [-0.1, -0.05) is 12.1 Å². The standard InChI is InChI=1S/C16H15F2NO3/c1-10(22-12-6-3-5-11(9-12)21-2)16(20)19-15-13(17)7-4-8-14(15)18/h3-10H,1-2H3,(H,19,20). The zero-order chi connectivity index (χ0) is 16.1. The molecule has 0 aliphatic carbocycles. The summed E-state index contributed by atoms with van der Waals surface area (Å²) in [6, 6.07) is 10.0. The second-order valence-corrected chi connectivity index (χ2v) is 4.52. The van der Waals surface area contributed by atoms with Gasteiger partial charge in [0.05, 0.1) is 7.11 Å². The first-order valence-electron chi connectivity index (χ1n) is 6.57. The highest BCUT2D eigenvalue weighted by Gasteiger charge is 2.18. The van der Waals surface area contributed by atoms with Gasteiger partial charge in [-0.05, 0) is 31.2 Å². The molecular weight excluding hydrogens is 292 g/mol. The first-order valence-corrected chi connectivity index (χ1v) is 6.57. The van der Waals surface area contributed by atoms with Crippen LogP contribution in [0.2, 0.25) is 0 Å². The number of anilines is 1. The average Bonchev–Trinajstić information content (AvgIpc) is 2.51. The lowest BCUT2D eigenvalue weighted by Gasteiger charge is -2.15. The highest BCUT2D eigenvalue weighted by atomic mass is 19.1. The lowest BCUT2D eigenvalue weighted by Crippen LogP contribution is -2.30. The van der Waals surface area contributed by atoms with Crippen LogP contribution >= 0.6 is 0 Å². The maximum Gasteiger partial charge on any atom is 0.265 e. The predicted molar refractivity (Wildman–Crippen MR) is 78.1 cm³/mol. The van der Waals surface area contributed by atoms with Crippen LogP contribution in [-0.2, 0) is 4.79 Å². The van der Waals surface area contributed by atoms with E-state index in [4.69, 9.17) is 9.47 Å². The van der Waals surface area contributed by atoms with Gasteiger partial charge in [0, 0.05) is 6.07 Å². The fourth-order valence-corrected chi connectivity index (χ4v) is 1.77. The molecule has 2 aromatic rings. The highest BCUT2D eigenvalue weighted by molar-refractivity contribution is 5.94. The molecule has 1 N–H and O–H groups in total. The zero-order valence-corrected chi connectivity index (χ0v) is 12.1. The minimum atomic E-state index is -0.939. The summed E-state index contributed by atoms with van der Waals surface area (Å²) in [5.74, 6) is -1.36. The third-order valence-corrected chi connectivity index (χ3v) is 2.93. The number of benzene rings is 2. The van der Waals surface area contributed by atoms with E-state index in [2.05, 4.69) is 5.32 Å². The van der Waals surface area contributed by atoms with Crippen molar-refractivity contribution in [2.24, 2.45) is 0 Å². The number of rotatable bonds is 5. The molecule has 0 radical (unpaired) electrons. The summed E-state index contributed by atoms with van der Waals surface area (Å²) >= 11 is 0. The summed E-state index contributed by atoms with van der Waals surface area (Å²) in [5, 5.41) is 2.18. The quantitative estimate of drug-likeness (QED) is 0.921. The molecule has 2 rings (SSSR count). The van der Waals surface area contributed by atoms with Crippen LogP contribution in [0.5, 0.6) is 11.5 Å². The van der Waals surface area contributed by atoms with Gasteiger partial charge in [-0.25, -0.2) is 8.78 Å². The van der Waals surface area contributed by atoms with Gasteiger partial charge in [-0.15, -0.1) is 0 Å². The van der Waals surface area contributed by atoms with Crippen LogP contribution < -0.4 is 14.8 Å². The van der Waals surface area contributed by atoms with Crippen molar-refractivity contribution in [3.05, 3.63) is 54.1 Å². The molecule has 1 amide bonds. The molecule has 0 aromatic heterocycles. The van der Waals surface area contributed by atoms with Gasteiger partial charge >= 0.3 is 0 Å². The second kappa shape index (κ2) is 6.89. The monoisotopic (exact) mass is 307 g/mol. The Morgan fingerprint density at radius 3 is 2.32 bits per heavy atom. The molecule has 0 saturated carbocycles. The van der Waals surface area contributed by atoms with Crippen molar-refractivity contribution in [3.8, 4) is 11.5 Å². The van der Waals surface area contributed by atoms with E-state index in [-0.39, 0.29) is 0 Å². The Morgan fingerprint density at radius 1 is 1.09 bits per heavy atom. The van der Waals surface area contributed by atoms with Crippen molar-refractivity contribution >= 4 is 11.6 Å². The number of carbonyl (C=O) groups excluding carboxylic acids is 1. The van der Waals surface area contributed by atoms with Crippen LogP contribution in [-0.4, -0.2) is 19.1 Å². The van der Waals surface area contributed by atoms with Gasteiger partial charge in [-0.2, -0.15) is 0 Å². The van der Waals surface area contributed by atoms with Crippen molar-refractivity contribution in [2.75, 3.05) is 12.4 Å². The van der Waals surface area contributed by atoms with E-state index in [1.165, 1.54) is 20.1 Å². The van der Waals surface area contributed by atoms with Gasteiger partial charge in [0.25, 0.3) is 5.91 Å². The second-order valence-electron chi connectivity index (χ2n) is 4.52. The molecule has 6 heteroatoms. The summed E-state index contributed by atoms with van der Waals surface area (Å²) in [6.07, 6.45) is -0.939. The Labute approximate surface area is 126 Å². The first-order chi connectivity index (χ1) is 10.5. The molecule has 1 atom stereocenters. The number of halogens is 2. The SMILES string of the molecule is COc1cccc(OC(C)C(=O)Nc2c(F)cccc2F)c1. The maximum atomic E-state index is 13.5.